The number of aromatic nitrogens is 1. The average molecular weight is 409 g/mol. The maximum atomic E-state index is 12.0. The van der Waals surface area contributed by atoms with Crippen molar-refractivity contribution in [2.45, 2.75) is 38.3 Å². The Labute approximate surface area is 175 Å². The second kappa shape index (κ2) is 8.90. The monoisotopic (exact) mass is 409 g/mol. The van der Waals surface area contributed by atoms with Gasteiger partial charge in [0, 0.05) is 42.1 Å². The van der Waals surface area contributed by atoms with Crippen LogP contribution < -0.4 is 4.74 Å². The molecule has 5 atom stereocenters. The van der Waals surface area contributed by atoms with Crippen LogP contribution in [0.3, 0.4) is 0 Å². The molecule has 1 aromatic heterocycles. The summed E-state index contributed by atoms with van der Waals surface area (Å²) in [7, 11) is 1.64. The number of carbonyl (C=O) groups is 1. The first-order chi connectivity index (χ1) is 14.6. The first-order valence-corrected chi connectivity index (χ1v) is 10.5. The van der Waals surface area contributed by atoms with Gasteiger partial charge < -0.3 is 9.47 Å². The zero-order valence-corrected chi connectivity index (χ0v) is 17.4. The number of carbonyl (C=O) groups excluding carboxylic acids is 1. The third-order valence-electron chi connectivity index (χ3n) is 6.53. The summed E-state index contributed by atoms with van der Waals surface area (Å²) in [6.45, 7) is 3.95. The molecule has 1 aromatic carbocycles. The van der Waals surface area contributed by atoms with E-state index in [-0.39, 0.29) is 18.1 Å². The second-order valence-electron chi connectivity index (χ2n) is 8.16. The highest BCUT2D eigenvalue weighted by molar-refractivity contribution is 5.84. The Morgan fingerprint density at radius 3 is 3.00 bits per heavy atom. The van der Waals surface area contributed by atoms with E-state index in [9.17, 15) is 4.79 Å². The molecule has 8 heteroatoms. The zero-order chi connectivity index (χ0) is 21.1. The molecule has 8 nitrogen and oxygen atoms in total. The quantitative estimate of drug-likeness (QED) is 0.294. The molecule has 0 amide bonds. The summed E-state index contributed by atoms with van der Waals surface area (Å²) >= 11 is 0. The van der Waals surface area contributed by atoms with Gasteiger partial charge in [-0.3, -0.25) is 14.7 Å². The molecule has 30 heavy (non-hydrogen) atoms. The van der Waals surface area contributed by atoms with Crippen molar-refractivity contribution in [1.82, 2.24) is 9.88 Å². The van der Waals surface area contributed by atoms with Crippen LogP contribution in [0.2, 0.25) is 0 Å². The molecule has 0 N–H and O–H groups in total. The van der Waals surface area contributed by atoms with Crippen LogP contribution in [0, 0.1) is 11.8 Å². The maximum absolute atomic E-state index is 12.0. The first kappa shape index (κ1) is 20.4. The van der Waals surface area contributed by atoms with E-state index in [4.69, 9.17) is 15.0 Å². The van der Waals surface area contributed by atoms with Crippen molar-refractivity contribution >= 4 is 16.9 Å². The van der Waals surface area contributed by atoms with E-state index in [1.165, 1.54) is 6.92 Å². The Bertz CT molecular complexity index is 974. The largest absolute Gasteiger partial charge is 0.497 e. The van der Waals surface area contributed by atoms with E-state index in [0.29, 0.717) is 18.4 Å². The molecule has 0 spiro atoms. The third-order valence-corrected chi connectivity index (χ3v) is 6.53. The molecule has 158 valence electrons. The fraction of sp³-hybridized carbons (Fsp3) is 0.545. The van der Waals surface area contributed by atoms with Crippen LogP contribution in [0.25, 0.3) is 21.3 Å². The number of pyridine rings is 1. The summed E-state index contributed by atoms with van der Waals surface area (Å²) in [6, 6.07) is 7.87. The minimum atomic E-state index is -0.360. The molecule has 1 unspecified atom stereocenters. The van der Waals surface area contributed by atoms with Crippen LogP contribution in [0.15, 0.2) is 35.6 Å². The number of rotatable bonds is 7. The van der Waals surface area contributed by atoms with Crippen LogP contribution in [0.1, 0.15) is 37.9 Å². The van der Waals surface area contributed by atoms with Crippen LogP contribution in [-0.2, 0) is 9.53 Å². The van der Waals surface area contributed by atoms with E-state index in [1.807, 2.05) is 24.3 Å². The van der Waals surface area contributed by atoms with E-state index in [1.54, 1.807) is 13.3 Å². The number of nitrogens with zero attached hydrogens (tertiary/aromatic N) is 5. The number of piperidine rings is 3. The molecule has 5 rings (SSSR count). The Hall–Kier alpha value is -2.83. The molecular weight excluding hydrogens is 382 g/mol. The van der Waals surface area contributed by atoms with Crippen LogP contribution in [0.4, 0.5) is 0 Å². The van der Waals surface area contributed by atoms with Crippen LogP contribution in [-0.4, -0.2) is 48.6 Å². The predicted octanol–water partition coefficient (Wildman–Crippen LogP) is 4.26. The number of benzene rings is 1. The van der Waals surface area contributed by atoms with Crippen molar-refractivity contribution in [1.29, 1.82) is 0 Å². The van der Waals surface area contributed by atoms with Gasteiger partial charge >= 0.3 is 5.97 Å². The van der Waals surface area contributed by atoms with Crippen molar-refractivity contribution in [3.8, 4) is 5.75 Å². The van der Waals surface area contributed by atoms with E-state index in [2.05, 4.69) is 19.9 Å². The molecular formula is C22H27N5O3. The third kappa shape index (κ3) is 4.06. The summed E-state index contributed by atoms with van der Waals surface area (Å²) in [5, 5.41) is 4.66. The zero-order valence-electron chi connectivity index (χ0n) is 17.4. The molecule has 3 aliphatic heterocycles. The van der Waals surface area contributed by atoms with Gasteiger partial charge in [0.2, 0.25) is 0 Å². The van der Waals surface area contributed by atoms with E-state index >= 15 is 0 Å². The first-order valence-electron chi connectivity index (χ1n) is 10.5. The Morgan fingerprint density at radius 1 is 1.43 bits per heavy atom. The Balaban J connectivity index is 1.66. The molecule has 2 bridgehead atoms. The summed E-state index contributed by atoms with van der Waals surface area (Å²) in [6.07, 6.45) is 4.42. The highest BCUT2D eigenvalue weighted by Gasteiger charge is 2.44. The second-order valence-corrected chi connectivity index (χ2v) is 8.16. The molecule has 3 saturated heterocycles. The van der Waals surface area contributed by atoms with E-state index in [0.717, 1.165) is 54.6 Å². The van der Waals surface area contributed by atoms with Gasteiger partial charge in [0.25, 0.3) is 0 Å². The van der Waals surface area contributed by atoms with Crippen molar-refractivity contribution < 1.29 is 14.3 Å². The Morgan fingerprint density at radius 2 is 2.30 bits per heavy atom. The van der Waals surface area contributed by atoms with Gasteiger partial charge in [-0.2, -0.15) is 0 Å². The molecule has 2 aromatic rings. The number of methoxy groups -OCH3 is 1. The summed E-state index contributed by atoms with van der Waals surface area (Å²) in [5.41, 5.74) is 10.4. The standard InChI is InChI=1S/C22H27N5O3/c1-14(28)30-22(18-6-8-24-20-4-3-17(29-2)12-19(18)20)21-11-15-7-10-27(21)13-16(15)5-9-25-26-23/h3-4,6,8,12,15-16,21-22H,5,7,9-11,13H2,1-2H3/t15-,16+,21-,22-/m1/s1. The van der Waals surface area contributed by atoms with Gasteiger partial charge in [-0.1, -0.05) is 5.11 Å². The fourth-order valence-electron chi connectivity index (χ4n) is 5.14. The highest BCUT2D eigenvalue weighted by Crippen LogP contribution is 2.44. The van der Waals surface area contributed by atoms with Crippen molar-refractivity contribution in [2.24, 2.45) is 17.0 Å². The number of ether oxygens (including phenoxy) is 2. The molecule has 0 radical (unpaired) electrons. The van der Waals surface area contributed by atoms with Gasteiger partial charge in [0.1, 0.15) is 11.9 Å². The molecule has 3 fully saturated rings. The van der Waals surface area contributed by atoms with Crippen molar-refractivity contribution in [3.05, 3.63) is 46.5 Å². The van der Waals surface area contributed by atoms with Gasteiger partial charge in [0.05, 0.1) is 18.7 Å². The molecule has 0 saturated carbocycles. The minimum Gasteiger partial charge on any atom is -0.497 e. The van der Waals surface area contributed by atoms with Crippen LogP contribution in [0.5, 0.6) is 5.75 Å². The highest BCUT2D eigenvalue weighted by atomic mass is 16.5. The number of azide groups is 1. The topological polar surface area (TPSA) is 100 Å². The number of esters is 1. The normalized spacial score (nSPS) is 26.1. The Kier molecular flexibility index (Phi) is 6.06. The SMILES string of the molecule is COc1ccc2nccc([C@@H](OC(C)=O)[C@H]3C[C@H]4CCN3C[C@@H]4CCN=[N+]=[N-])c2c1. The van der Waals surface area contributed by atoms with Gasteiger partial charge in [0.15, 0.2) is 0 Å². The molecule has 4 heterocycles. The van der Waals surface area contributed by atoms with Crippen molar-refractivity contribution in [3.63, 3.8) is 0 Å². The lowest BCUT2D eigenvalue weighted by Gasteiger charge is -2.52. The summed E-state index contributed by atoms with van der Waals surface area (Å²) in [4.78, 5) is 21.8. The van der Waals surface area contributed by atoms with Crippen molar-refractivity contribution in [2.75, 3.05) is 26.7 Å². The molecule has 3 aliphatic rings. The van der Waals surface area contributed by atoms with Crippen LogP contribution >= 0.6 is 0 Å². The summed E-state index contributed by atoms with van der Waals surface area (Å²) in [5.74, 6) is 1.54. The molecule has 0 aliphatic carbocycles. The van der Waals surface area contributed by atoms with E-state index < -0.39 is 0 Å². The average Bonchev–Trinajstić information content (AvgIpc) is 2.77. The van der Waals surface area contributed by atoms with Gasteiger partial charge in [-0.25, -0.2) is 0 Å². The lowest BCUT2D eigenvalue weighted by Crippen LogP contribution is -2.55. The number of hydrogen-bond donors (Lipinski definition) is 0. The summed E-state index contributed by atoms with van der Waals surface area (Å²) < 4.78 is 11.3. The maximum Gasteiger partial charge on any atom is 0.303 e. The predicted molar refractivity (Wildman–Crippen MR) is 113 cm³/mol. The van der Waals surface area contributed by atoms with Gasteiger partial charge in [-0.15, -0.1) is 0 Å². The smallest absolute Gasteiger partial charge is 0.303 e. The minimum absolute atomic E-state index is 0.125. The fourth-order valence-corrected chi connectivity index (χ4v) is 5.14. The number of fused-ring (bicyclic) bond motifs is 4. The number of hydrogen-bond acceptors (Lipinski definition) is 6. The van der Waals surface area contributed by atoms with Gasteiger partial charge in [-0.05, 0) is 67.4 Å². The lowest BCUT2D eigenvalue weighted by molar-refractivity contribution is -0.155. The lowest BCUT2D eigenvalue weighted by atomic mass is 9.72.